The Kier molecular flexibility index (Phi) is 5.93. The van der Waals surface area contributed by atoms with Crippen molar-refractivity contribution in [1.82, 2.24) is 24.8 Å². The van der Waals surface area contributed by atoms with Crippen molar-refractivity contribution in [2.75, 3.05) is 32.8 Å². The van der Waals surface area contributed by atoms with Crippen LogP contribution in [-0.4, -0.2) is 75.0 Å². The fourth-order valence-corrected chi connectivity index (χ4v) is 4.67. The Morgan fingerprint density at radius 3 is 2.91 bits per heavy atom. The molecule has 2 saturated heterocycles. The molecule has 2 fully saturated rings. The molecule has 1 aromatic carbocycles. The van der Waals surface area contributed by atoms with Gasteiger partial charge in [-0.3, -0.25) is 19.4 Å². The number of nitrogens with zero attached hydrogens (tertiary/aromatic N) is 4. The molecule has 1 spiro atoms. The van der Waals surface area contributed by atoms with Crippen molar-refractivity contribution in [1.29, 1.82) is 0 Å². The predicted octanol–water partition coefficient (Wildman–Crippen LogP) is 1.87. The third-order valence-electron chi connectivity index (χ3n) is 6.39. The number of nitrogens with one attached hydrogen (secondary N) is 1. The van der Waals surface area contributed by atoms with Crippen LogP contribution in [0.2, 0.25) is 0 Å². The van der Waals surface area contributed by atoms with Crippen LogP contribution in [0.1, 0.15) is 28.8 Å². The van der Waals surface area contributed by atoms with Crippen molar-refractivity contribution in [2.24, 2.45) is 0 Å². The van der Waals surface area contributed by atoms with Gasteiger partial charge in [-0.15, -0.1) is 0 Å². The van der Waals surface area contributed by atoms with Crippen molar-refractivity contribution in [3.8, 4) is 0 Å². The summed E-state index contributed by atoms with van der Waals surface area (Å²) in [5.41, 5.74) is 0.791. The number of pyridine rings is 1. The first kappa shape index (κ1) is 22.0. The van der Waals surface area contributed by atoms with Crippen LogP contribution in [0, 0.1) is 0 Å². The molecule has 1 unspecified atom stereocenters. The van der Waals surface area contributed by atoms with Gasteiger partial charge < -0.3 is 19.5 Å². The molecule has 2 aliphatic rings. The summed E-state index contributed by atoms with van der Waals surface area (Å²) in [6, 6.07) is 9.40. The Bertz CT molecular complexity index is 1320. The Labute approximate surface area is 196 Å². The van der Waals surface area contributed by atoms with Crippen LogP contribution in [0.15, 0.2) is 59.9 Å². The molecule has 3 aromatic rings. The number of hydrogen-bond donors (Lipinski definition) is 1. The molecule has 0 aliphatic carbocycles. The molecule has 2 aromatic heterocycles. The number of H-pyrrole nitrogens is 1. The normalized spacial score (nSPS) is 20.8. The minimum Gasteiger partial charge on any atom is -0.369 e. The van der Waals surface area contributed by atoms with Crippen molar-refractivity contribution in [3.05, 3.63) is 76.6 Å². The fraction of sp³-hybridized carbons (Fsp3) is 0.320. The number of likely N-dealkylation sites (tertiary alicyclic amines) is 1. The molecule has 2 amide bonds. The smallest absolute Gasteiger partial charge is 0.257 e. The van der Waals surface area contributed by atoms with E-state index in [0.29, 0.717) is 43.9 Å². The number of amides is 2. The van der Waals surface area contributed by atoms with E-state index in [-0.39, 0.29) is 17.4 Å². The zero-order chi connectivity index (χ0) is 23.5. The number of benzene rings is 1. The van der Waals surface area contributed by atoms with E-state index in [9.17, 15) is 14.4 Å². The summed E-state index contributed by atoms with van der Waals surface area (Å²) >= 11 is 0. The maximum absolute atomic E-state index is 13.3. The second-order valence-corrected chi connectivity index (χ2v) is 8.70. The van der Waals surface area contributed by atoms with E-state index in [1.54, 1.807) is 11.1 Å². The first-order chi connectivity index (χ1) is 16.5. The molecular weight excluding hydrogens is 434 g/mol. The Balaban J connectivity index is 1.29. The Morgan fingerprint density at radius 1 is 1.15 bits per heavy atom. The minimum atomic E-state index is -0.601. The van der Waals surface area contributed by atoms with Gasteiger partial charge in [0.05, 0.1) is 37.1 Å². The summed E-state index contributed by atoms with van der Waals surface area (Å²) in [4.78, 5) is 52.2. The number of aromatic nitrogens is 3. The number of hydrogen-bond acceptors (Lipinski definition) is 6. The number of carbonyl (C=O) groups excluding carboxylic acids is 2. The van der Waals surface area contributed by atoms with E-state index in [2.05, 4.69) is 15.0 Å². The largest absolute Gasteiger partial charge is 0.369 e. The van der Waals surface area contributed by atoms with E-state index in [0.717, 1.165) is 23.7 Å². The molecule has 1 N–H and O–H groups in total. The highest BCUT2D eigenvalue weighted by atomic mass is 16.5. The molecule has 0 saturated carbocycles. The van der Waals surface area contributed by atoms with Gasteiger partial charge in [0.15, 0.2) is 0 Å². The number of rotatable bonds is 3. The highest BCUT2D eigenvalue weighted by molar-refractivity contribution is 5.98. The lowest BCUT2D eigenvalue weighted by atomic mass is 9.90. The lowest BCUT2D eigenvalue weighted by Gasteiger charge is -2.47. The highest BCUT2D eigenvalue weighted by Crippen LogP contribution is 2.30. The molecule has 174 valence electrons. The zero-order valence-corrected chi connectivity index (χ0v) is 18.6. The molecular formula is C25H25N5O4. The summed E-state index contributed by atoms with van der Waals surface area (Å²) in [6.45, 7) is 2.32. The fourth-order valence-electron chi connectivity index (χ4n) is 4.67. The molecule has 34 heavy (non-hydrogen) atoms. The number of carbonyl (C=O) groups is 2. The van der Waals surface area contributed by atoms with Crippen molar-refractivity contribution in [2.45, 2.75) is 18.4 Å². The minimum absolute atomic E-state index is 0.0608. The average Bonchev–Trinajstić information content (AvgIpc) is 2.87. The Morgan fingerprint density at radius 2 is 2.03 bits per heavy atom. The van der Waals surface area contributed by atoms with Gasteiger partial charge in [-0.1, -0.05) is 12.1 Å². The van der Waals surface area contributed by atoms with Crippen molar-refractivity contribution >= 4 is 28.8 Å². The quantitative estimate of drug-likeness (QED) is 0.599. The predicted molar refractivity (Wildman–Crippen MR) is 126 cm³/mol. The Hall–Kier alpha value is -3.85. The van der Waals surface area contributed by atoms with Gasteiger partial charge >= 0.3 is 0 Å². The van der Waals surface area contributed by atoms with E-state index in [1.807, 2.05) is 35.2 Å². The number of fused-ring (bicyclic) bond motifs is 1. The molecule has 5 rings (SSSR count). The number of aromatic amines is 1. The summed E-state index contributed by atoms with van der Waals surface area (Å²) in [5.74, 6) is -0.260. The summed E-state index contributed by atoms with van der Waals surface area (Å²) in [5, 5.41) is 0.986. The van der Waals surface area contributed by atoms with Crippen LogP contribution in [-0.2, 0) is 9.53 Å². The molecule has 1 atom stereocenters. The lowest BCUT2D eigenvalue weighted by molar-refractivity contribution is -0.149. The maximum atomic E-state index is 13.3. The summed E-state index contributed by atoms with van der Waals surface area (Å²) in [7, 11) is 0. The topological polar surface area (TPSA) is 108 Å². The van der Waals surface area contributed by atoms with Gasteiger partial charge in [-0.2, -0.15) is 0 Å². The SMILES string of the molecule is O=C(/C=C/c1cnc[nH]c1=O)N1CCCC2(C1)CN(C(=O)c1ccc3cccnc3c1)CCO2. The van der Waals surface area contributed by atoms with E-state index < -0.39 is 5.60 Å². The molecule has 4 heterocycles. The number of ether oxygens (including phenoxy) is 1. The van der Waals surface area contributed by atoms with Gasteiger partial charge in [0.25, 0.3) is 11.5 Å². The van der Waals surface area contributed by atoms with Gasteiger partial charge in [0.1, 0.15) is 5.60 Å². The van der Waals surface area contributed by atoms with Gasteiger partial charge in [-0.25, -0.2) is 4.98 Å². The first-order valence-corrected chi connectivity index (χ1v) is 11.3. The second-order valence-electron chi connectivity index (χ2n) is 8.70. The van der Waals surface area contributed by atoms with Crippen LogP contribution < -0.4 is 5.56 Å². The first-order valence-electron chi connectivity index (χ1n) is 11.3. The van der Waals surface area contributed by atoms with E-state index >= 15 is 0 Å². The van der Waals surface area contributed by atoms with Crippen LogP contribution in [0.3, 0.4) is 0 Å². The van der Waals surface area contributed by atoms with Gasteiger partial charge in [0.2, 0.25) is 5.91 Å². The highest BCUT2D eigenvalue weighted by Gasteiger charge is 2.42. The lowest BCUT2D eigenvalue weighted by Crippen LogP contribution is -2.61. The van der Waals surface area contributed by atoms with Crippen LogP contribution >= 0.6 is 0 Å². The third-order valence-corrected chi connectivity index (χ3v) is 6.39. The molecule has 2 aliphatic heterocycles. The summed E-state index contributed by atoms with van der Waals surface area (Å²) in [6.07, 6.45) is 8.83. The molecule has 9 nitrogen and oxygen atoms in total. The monoisotopic (exact) mass is 459 g/mol. The maximum Gasteiger partial charge on any atom is 0.257 e. The van der Waals surface area contributed by atoms with Crippen LogP contribution in [0.4, 0.5) is 0 Å². The standard InChI is InChI=1S/C25H25N5O4/c31-22(7-6-20-14-26-17-28-23(20)32)29-10-2-8-25(15-29)16-30(11-12-34-25)24(33)19-5-4-18-3-1-9-27-21(18)13-19/h1,3-7,9,13-14,17H,2,8,10-12,15-16H2,(H,26,28,32)/b7-6+. The van der Waals surface area contributed by atoms with Gasteiger partial charge in [0, 0.05) is 42.5 Å². The van der Waals surface area contributed by atoms with E-state index in [1.165, 1.54) is 24.7 Å². The van der Waals surface area contributed by atoms with Gasteiger partial charge in [-0.05, 0) is 37.1 Å². The van der Waals surface area contributed by atoms with E-state index in [4.69, 9.17) is 4.74 Å². The second kappa shape index (κ2) is 9.18. The van der Waals surface area contributed by atoms with Crippen molar-refractivity contribution < 1.29 is 14.3 Å². The molecule has 9 heteroatoms. The van der Waals surface area contributed by atoms with Crippen molar-refractivity contribution in [3.63, 3.8) is 0 Å². The zero-order valence-electron chi connectivity index (χ0n) is 18.6. The van der Waals surface area contributed by atoms with Crippen LogP contribution in [0.25, 0.3) is 17.0 Å². The number of morpholine rings is 1. The number of piperidine rings is 1. The molecule has 0 radical (unpaired) electrons. The average molecular weight is 460 g/mol. The summed E-state index contributed by atoms with van der Waals surface area (Å²) < 4.78 is 6.17. The molecule has 0 bridgehead atoms. The van der Waals surface area contributed by atoms with Crippen LogP contribution in [0.5, 0.6) is 0 Å². The third kappa shape index (κ3) is 4.47.